The zero-order chi connectivity index (χ0) is 12.3. The number of aliphatic hydroxyl groups excluding tert-OH is 1. The van der Waals surface area contributed by atoms with Crippen LogP contribution in [0.5, 0.6) is 0 Å². The van der Waals surface area contributed by atoms with Gasteiger partial charge in [-0.15, -0.1) is 23.1 Å². The number of aryl methyl sites for hydroxylation is 1. The lowest BCUT2D eigenvalue weighted by molar-refractivity contribution is 0.195. The third-order valence-corrected chi connectivity index (χ3v) is 4.68. The van der Waals surface area contributed by atoms with Gasteiger partial charge in [-0.1, -0.05) is 18.2 Å². The van der Waals surface area contributed by atoms with Crippen molar-refractivity contribution < 1.29 is 5.11 Å². The van der Waals surface area contributed by atoms with E-state index in [-0.39, 0.29) is 0 Å². The minimum absolute atomic E-state index is 0.469. The van der Waals surface area contributed by atoms with Crippen LogP contribution < -0.4 is 0 Å². The number of thiazole rings is 1. The van der Waals surface area contributed by atoms with Crippen molar-refractivity contribution in [3.05, 3.63) is 45.9 Å². The molecular weight excluding hydrogens is 250 g/mol. The first-order chi connectivity index (χ1) is 8.16. The van der Waals surface area contributed by atoms with Crippen molar-refractivity contribution in [3.8, 4) is 0 Å². The van der Waals surface area contributed by atoms with Crippen LogP contribution in [0.25, 0.3) is 0 Å². The van der Waals surface area contributed by atoms with Crippen molar-refractivity contribution in [2.24, 2.45) is 0 Å². The maximum atomic E-state index is 9.40. The second-order valence-corrected chi connectivity index (χ2v) is 5.86. The number of aromatic nitrogens is 1. The standard InChI is InChI=1S/C13H15NOS2/c1-9-5-3-4-6-12(9)16-8-13-14-11(7-17-13)10(2)15/h3-7,10,15H,8H2,1-2H3. The lowest BCUT2D eigenvalue weighted by Crippen LogP contribution is -1.91. The maximum absolute atomic E-state index is 9.40. The largest absolute Gasteiger partial charge is 0.387 e. The molecule has 0 amide bonds. The van der Waals surface area contributed by atoms with Crippen molar-refractivity contribution in [2.75, 3.05) is 0 Å². The Balaban J connectivity index is 2.00. The Kier molecular flexibility index (Phi) is 4.20. The summed E-state index contributed by atoms with van der Waals surface area (Å²) in [6.07, 6.45) is -0.469. The van der Waals surface area contributed by atoms with Gasteiger partial charge < -0.3 is 5.11 Å². The molecule has 1 aromatic heterocycles. The highest BCUT2D eigenvalue weighted by atomic mass is 32.2. The molecule has 0 saturated heterocycles. The molecule has 0 fully saturated rings. The van der Waals surface area contributed by atoms with Crippen molar-refractivity contribution >= 4 is 23.1 Å². The second kappa shape index (κ2) is 5.67. The number of nitrogens with zero attached hydrogens (tertiary/aromatic N) is 1. The van der Waals surface area contributed by atoms with Gasteiger partial charge in [0.25, 0.3) is 0 Å². The lowest BCUT2D eigenvalue weighted by atomic mass is 10.2. The summed E-state index contributed by atoms with van der Waals surface area (Å²) in [5.74, 6) is 0.863. The molecule has 17 heavy (non-hydrogen) atoms. The summed E-state index contributed by atoms with van der Waals surface area (Å²) in [5, 5.41) is 12.4. The van der Waals surface area contributed by atoms with Crippen molar-refractivity contribution in [1.29, 1.82) is 0 Å². The fraction of sp³-hybridized carbons (Fsp3) is 0.308. The van der Waals surface area contributed by atoms with Gasteiger partial charge in [0.05, 0.1) is 17.6 Å². The van der Waals surface area contributed by atoms with Gasteiger partial charge in [0.2, 0.25) is 0 Å². The van der Waals surface area contributed by atoms with E-state index in [0.29, 0.717) is 0 Å². The van der Waals surface area contributed by atoms with E-state index < -0.39 is 6.10 Å². The average molecular weight is 265 g/mol. The van der Waals surface area contributed by atoms with Gasteiger partial charge in [-0.05, 0) is 25.5 Å². The molecular formula is C13H15NOS2. The van der Waals surface area contributed by atoms with Gasteiger partial charge in [0, 0.05) is 10.3 Å². The van der Waals surface area contributed by atoms with Crippen LogP contribution in [0.15, 0.2) is 34.5 Å². The van der Waals surface area contributed by atoms with Gasteiger partial charge in [-0.2, -0.15) is 0 Å². The van der Waals surface area contributed by atoms with Crippen LogP contribution in [0.4, 0.5) is 0 Å². The molecule has 0 aliphatic heterocycles. The highest BCUT2D eigenvalue weighted by molar-refractivity contribution is 7.98. The zero-order valence-corrected chi connectivity index (χ0v) is 11.5. The second-order valence-electron chi connectivity index (χ2n) is 3.90. The van der Waals surface area contributed by atoms with Gasteiger partial charge in [0.15, 0.2) is 0 Å². The monoisotopic (exact) mass is 265 g/mol. The summed E-state index contributed by atoms with van der Waals surface area (Å²) in [6.45, 7) is 3.86. The van der Waals surface area contributed by atoms with Crippen molar-refractivity contribution in [2.45, 2.75) is 30.6 Å². The van der Waals surface area contributed by atoms with E-state index in [1.807, 2.05) is 11.4 Å². The SMILES string of the molecule is Cc1ccccc1SCc1nc(C(C)O)cs1. The normalized spacial score (nSPS) is 12.6. The Bertz CT molecular complexity index is 494. The zero-order valence-electron chi connectivity index (χ0n) is 9.88. The highest BCUT2D eigenvalue weighted by Crippen LogP contribution is 2.27. The number of aliphatic hydroxyl groups is 1. The summed E-state index contributed by atoms with van der Waals surface area (Å²) in [5.41, 5.74) is 2.07. The number of benzene rings is 1. The Morgan fingerprint density at radius 2 is 2.18 bits per heavy atom. The van der Waals surface area contributed by atoms with Gasteiger partial charge in [-0.25, -0.2) is 4.98 Å². The summed E-state index contributed by atoms with van der Waals surface area (Å²) in [7, 11) is 0. The molecule has 2 aromatic rings. The van der Waals surface area contributed by atoms with Gasteiger partial charge in [0.1, 0.15) is 5.01 Å². The summed E-state index contributed by atoms with van der Waals surface area (Å²) < 4.78 is 0. The minimum atomic E-state index is -0.469. The predicted molar refractivity (Wildman–Crippen MR) is 73.5 cm³/mol. The molecule has 1 heterocycles. The maximum Gasteiger partial charge on any atom is 0.103 e. The van der Waals surface area contributed by atoms with E-state index >= 15 is 0 Å². The third kappa shape index (κ3) is 3.31. The van der Waals surface area contributed by atoms with Crippen molar-refractivity contribution in [3.63, 3.8) is 0 Å². The molecule has 0 aliphatic carbocycles. The fourth-order valence-electron chi connectivity index (χ4n) is 1.44. The molecule has 4 heteroatoms. The van der Waals surface area contributed by atoms with E-state index in [9.17, 15) is 5.11 Å². The molecule has 1 aromatic carbocycles. The van der Waals surface area contributed by atoms with Crippen LogP contribution in [-0.4, -0.2) is 10.1 Å². The minimum Gasteiger partial charge on any atom is -0.387 e. The molecule has 0 bridgehead atoms. The first-order valence-electron chi connectivity index (χ1n) is 5.47. The average Bonchev–Trinajstić information content (AvgIpc) is 2.77. The Morgan fingerprint density at radius 3 is 2.82 bits per heavy atom. The number of thioether (sulfide) groups is 1. The topological polar surface area (TPSA) is 33.1 Å². The lowest BCUT2D eigenvalue weighted by Gasteiger charge is -2.03. The van der Waals surface area contributed by atoms with E-state index in [1.165, 1.54) is 10.5 Å². The van der Waals surface area contributed by atoms with E-state index in [0.717, 1.165) is 16.5 Å². The fourth-order valence-corrected chi connectivity index (χ4v) is 3.37. The molecule has 1 atom stereocenters. The molecule has 0 radical (unpaired) electrons. The van der Waals surface area contributed by atoms with Gasteiger partial charge in [-0.3, -0.25) is 0 Å². The third-order valence-electron chi connectivity index (χ3n) is 2.44. The van der Waals surface area contributed by atoms with E-state index in [2.05, 4.69) is 30.1 Å². The molecule has 1 unspecified atom stereocenters. The molecule has 1 N–H and O–H groups in total. The summed E-state index contributed by atoms with van der Waals surface area (Å²) >= 11 is 3.40. The Hall–Kier alpha value is -0.840. The molecule has 0 saturated carbocycles. The van der Waals surface area contributed by atoms with Crippen molar-refractivity contribution in [1.82, 2.24) is 4.98 Å². The molecule has 0 spiro atoms. The van der Waals surface area contributed by atoms with Crippen LogP contribution in [0, 0.1) is 6.92 Å². The Labute approximate surface area is 110 Å². The van der Waals surface area contributed by atoms with Crippen LogP contribution in [-0.2, 0) is 5.75 Å². The molecule has 0 aliphatic rings. The van der Waals surface area contributed by atoms with E-state index in [1.54, 1.807) is 30.0 Å². The summed E-state index contributed by atoms with van der Waals surface area (Å²) in [4.78, 5) is 5.70. The smallest absolute Gasteiger partial charge is 0.103 e. The number of hydrogen-bond acceptors (Lipinski definition) is 4. The first-order valence-corrected chi connectivity index (χ1v) is 7.34. The quantitative estimate of drug-likeness (QED) is 0.854. The van der Waals surface area contributed by atoms with Crippen LogP contribution in [0.3, 0.4) is 0 Å². The number of rotatable bonds is 4. The first kappa shape index (κ1) is 12.6. The number of hydrogen-bond donors (Lipinski definition) is 1. The molecule has 2 rings (SSSR count). The summed E-state index contributed by atoms with van der Waals surface area (Å²) in [6, 6.07) is 8.35. The van der Waals surface area contributed by atoms with E-state index in [4.69, 9.17) is 0 Å². The van der Waals surface area contributed by atoms with Crippen LogP contribution in [0.1, 0.15) is 29.3 Å². The van der Waals surface area contributed by atoms with Crippen LogP contribution in [0.2, 0.25) is 0 Å². The van der Waals surface area contributed by atoms with Gasteiger partial charge >= 0.3 is 0 Å². The predicted octanol–water partition coefficient (Wildman–Crippen LogP) is 3.80. The van der Waals surface area contributed by atoms with Crippen LogP contribution >= 0.6 is 23.1 Å². The molecule has 2 nitrogen and oxygen atoms in total. The molecule has 90 valence electrons. The Morgan fingerprint density at radius 1 is 1.41 bits per heavy atom. The highest BCUT2D eigenvalue weighted by Gasteiger charge is 2.07.